The molecular formula is C16H11F3N2O4S. The molecule has 1 aromatic heterocycles. The molecule has 1 unspecified atom stereocenters. The third kappa shape index (κ3) is 3.00. The second-order valence-corrected chi connectivity index (χ2v) is 7.46. The van der Waals surface area contributed by atoms with Gasteiger partial charge in [0.25, 0.3) is 9.84 Å². The van der Waals surface area contributed by atoms with E-state index in [0.29, 0.717) is 0 Å². The van der Waals surface area contributed by atoms with Gasteiger partial charge in [-0.25, -0.2) is 13.3 Å². The Hall–Kier alpha value is -2.64. The predicted molar refractivity (Wildman–Crippen MR) is 83.5 cm³/mol. The van der Waals surface area contributed by atoms with E-state index >= 15 is 0 Å². The molecule has 10 heteroatoms. The number of hydrogen-bond donors (Lipinski definition) is 1. The highest BCUT2D eigenvalue weighted by atomic mass is 32.2. The maximum Gasteiger partial charge on any atom is 0.501 e. The summed E-state index contributed by atoms with van der Waals surface area (Å²) in [5.41, 5.74) is -5.38. The predicted octanol–water partition coefficient (Wildman–Crippen LogP) is 3.70. The second-order valence-electron chi connectivity index (χ2n) is 5.55. The van der Waals surface area contributed by atoms with Crippen LogP contribution in [-0.2, 0) is 16.3 Å². The first-order valence-electron chi connectivity index (χ1n) is 7.30. The van der Waals surface area contributed by atoms with Gasteiger partial charge in [0.1, 0.15) is 11.5 Å². The molecule has 0 saturated carbocycles. The molecule has 3 rings (SSSR count). The fourth-order valence-electron chi connectivity index (χ4n) is 2.78. The molecule has 1 heterocycles. The van der Waals surface area contributed by atoms with Crippen molar-refractivity contribution >= 4 is 15.5 Å². The summed E-state index contributed by atoms with van der Waals surface area (Å²) in [6.07, 6.45) is 1.52. The number of rotatable bonds is 3. The molecule has 1 N–H and O–H groups in total. The molecule has 1 aliphatic rings. The van der Waals surface area contributed by atoms with Crippen LogP contribution in [0.1, 0.15) is 23.7 Å². The number of pyridine rings is 1. The van der Waals surface area contributed by atoms with E-state index in [1.165, 1.54) is 18.5 Å². The number of hydrogen-bond acceptors (Lipinski definition) is 5. The smallest absolute Gasteiger partial charge is 0.457 e. The summed E-state index contributed by atoms with van der Waals surface area (Å²) < 4.78 is 67.9. The molecule has 6 nitrogen and oxygen atoms in total. The quantitative estimate of drug-likeness (QED) is 0.817. The highest BCUT2D eigenvalue weighted by Crippen LogP contribution is 2.45. The Morgan fingerprint density at radius 2 is 2.04 bits per heavy atom. The van der Waals surface area contributed by atoms with E-state index in [9.17, 15) is 26.7 Å². The Morgan fingerprint density at radius 3 is 2.69 bits per heavy atom. The van der Waals surface area contributed by atoms with Crippen LogP contribution in [0.25, 0.3) is 4.85 Å². The lowest BCUT2D eigenvalue weighted by Gasteiger charge is -2.17. The van der Waals surface area contributed by atoms with Crippen molar-refractivity contribution in [3.8, 4) is 11.5 Å². The van der Waals surface area contributed by atoms with Crippen molar-refractivity contribution in [3.63, 3.8) is 0 Å². The van der Waals surface area contributed by atoms with Crippen LogP contribution < -0.4 is 4.74 Å². The molecular weight excluding hydrogens is 373 g/mol. The van der Waals surface area contributed by atoms with Gasteiger partial charge in [0.15, 0.2) is 0 Å². The van der Waals surface area contributed by atoms with Crippen LogP contribution >= 0.6 is 0 Å². The van der Waals surface area contributed by atoms with E-state index in [2.05, 4.69) is 9.83 Å². The molecule has 2 aromatic rings. The Labute approximate surface area is 146 Å². The first kappa shape index (κ1) is 18.2. The monoisotopic (exact) mass is 384 g/mol. The lowest BCUT2D eigenvalue weighted by molar-refractivity contribution is -0.0437. The average molecular weight is 384 g/mol. The van der Waals surface area contributed by atoms with Crippen LogP contribution in [0, 0.1) is 6.57 Å². The van der Waals surface area contributed by atoms with Crippen molar-refractivity contribution in [1.82, 2.24) is 4.98 Å². The number of aliphatic hydroxyl groups excluding tert-OH is 1. The molecule has 0 fully saturated rings. The van der Waals surface area contributed by atoms with Crippen molar-refractivity contribution in [3.05, 3.63) is 53.1 Å². The van der Waals surface area contributed by atoms with Crippen LogP contribution in [0.3, 0.4) is 0 Å². The van der Waals surface area contributed by atoms with Gasteiger partial charge >= 0.3 is 5.51 Å². The van der Waals surface area contributed by atoms with Crippen LogP contribution in [0.5, 0.6) is 11.5 Å². The molecule has 0 spiro atoms. The standard InChI is InChI=1S/C16H11F3N2O4S/c1-20-9-6-10(8-21-7-9)25-13-4-5-14(26(23,24)16(17,18)19)15-11(13)2-3-12(15)22/h4-8,12,22H,2-3H2. The molecule has 26 heavy (non-hydrogen) atoms. The van der Waals surface area contributed by atoms with E-state index in [0.717, 1.165) is 12.1 Å². The van der Waals surface area contributed by atoms with Crippen molar-refractivity contribution in [2.45, 2.75) is 29.3 Å². The minimum absolute atomic E-state index is 0.0798. The summed E-state index contributed by atoms with van der Waals surface area (Å²) in [6, 6.07) is 3.27. The molecule has 0 bridgehead atoms. The zero-order valence-corrected chi connectivity index (χ0v) is 13.8. The van der Waals surface area contributed by atoms with Gasteiger partial charge in [0, 0.05) is 17.3 Å². The van der Waals surface area contributed by atoms with Crippen molar-refractivity contribution in [1.29, 1.82) is 0 Å². The van der Waals surface area contributed by atoms with E-state index in [1.807, 2.05) is 0 Å². The Kier molecular flexibility index (Phi) is 4.37. The SMILES string of the molecule is [C-]#[N+]c1cncc(Oc2ccc(S(=O)(=O)C(F)(F)F)c3c2CCC3O)c1. The molecule has 1 atom stereocenters. The lowest BCUT2D eigenvalue weighted by atomic mass is 10.1. The highest BCUT2D eigenvalue weighted by molar-refractivity contribution is 7.92. The number of halogens is 3. The largest absolute Gasteiger partial charge is 0.501 e. The number of sulfone groups is 1. The van der Waals surface area contributed by atoms with Gasteiger partial charge in [-0.2, -0.15) is 13.2 Å². The minimum atomic E-state index is -5.60. The topological polar surface area (TPSA) is 80.8 Å². The zero-order chi connectivity index (χ0) is 19.1. The Bertz CT molecular complexity index is 1010. The molecule has 1 aromatic carbocycles. The number of ether oxygens (including phenoxy) is 1. The number of aliphatic hydroxyl groups is 1. The van der Waals surface area contributed by atoms with Gasteiger partial charge in [-0.05, 0) is 31.0 Å². The van der Waals surface area contributed by atoms with Crippen molar-refractivity contribution in [2.24, 2.45) is 0 Å². The van der Waals surface area contributed by atoms with E-state index in [1.54, 1.807) is 0 Å². The highest BCUT2D eigenvalue weighted by Gasteiger charge is 2.49. The number of alkyl halides is 3. The van der Waals surface area contributed by atoms with E-state index < -0.39 is 26.3 Å². The lowest BCUT2D eigenvalue weighted by Crippen LogP contribution is -2.24. The van der Waals surface area contributed by atoms with Gasteiger partial charge in [-0.3, -0.25) is 4.98 Å². The second kappa shape index (κ2) is 6.26. The molecule has 1 aliphatic carbocycles. The summed E-state index contributed by atoms with van der Waals surface area (Å²) in [7, 11) is -5.60. The average Bonchev–Trinajstić information content (AvgIpc) is 2.97. The Morgan fingerprint density at radius 1 is 1.31 bits per heavy atom. The maximum absolute atomic E-state index is 12.9. The van der Waals surface area contributed by atoms with Crippen LogP contribution in [0.2, 0.25) is 0 Å². The molecule has 136 valence electrons. The summed E-state index contributed by atoms with van der Waals surface area (Å²) in [5, 5.41) is 10.0. The van der Waals surface area contributed by atoms with Gasteiger partial charge < -0.3 is 9.84 Å². The van der Waals surface area contributed by atoms with Crippen molar-refractivity contribution in [2.75, 3.05) is 0 Å². The summed E-state index contributed by atoms with van der Waals surface area (Å²) in [6.45, 7) is 6.95. The molecule has 0 aliphatic heterocycles. The van der Waals surface area contributed by atoms with E-state index in [4.69, 9.17) is 11.3 Å². The zero-order valence-electron chi connectivity index (χ0n) is 13.0. The first-order chi connectivity index (χ1) is 12.1. The number of benzene rings is 1. The van der Waals surface area contributed by atoms with Gasteiger partial charge in [0.05, 0.1) is 23.8 Å². The van der Waals surface area contributed by atoms with Gasteiger partial charge in [-0.15, -0.1) is 0 Å². The van der Waals surface area contributed by atoms with Crippen LogP contribution in [0.4, 0.5) is 18.9 Å². The van der Waals surface area contributed by atoms with Gasteiger partial charge in [-0.1, -0.05) is 0 Å². The first-order valence-corrected chi connectivity index (χ1v) is 8.79. The van der Waals surface area contributed by atoms with E-state index in [-0.39, 0.29) is 41.2 Å². The molecule has 0 radical (unpaired) electrons. The third-order valence-electron chi connectivity index (χ3n) is 3.92. The van der Waals surface area contributed by atoms with Crippen LogP contribution in [-0.4, -0.2) is 24.0 Å². The summed E-state index contributed by atoms with van der Waals surface area (Å²) in [5.74, 6) is 0.287. The Balaban J connectivity index is 2.10. The fraction of sp³-hybridized carbons (Fsp3) is 0.250. The van der Waals surface area contributed by atoms with Crippen LogP contribution in [0.15, 0.2) is 35.5 Å². The summed E-state index contributed by atoms with van der Waals surface area (Å²) >= 11 is 0. The van der Waals surface area contributed by atoms with Gasteiger partial charge in [0.2, 0.25) is 5.69 Å². The molecule has 0 saturated heterocycles. The maximum atomic E-state index is 12.9. The normalized spacial score (nSPS) is 16.8. The fourth-order valence-corrected chi connectivity index (χ4v) is 3.82. The van der Waals surface area contributed by atoms with Crippen molar-refractivity contribution < 1.29 is 31.4 Å². The summed E-state index contributed by atoms with van der Waals surface area (Å²) in [4.78, 5) is 6.04. The minimum Gasteiger partial charge on any atom is -0.457 e. The third-order valence-corrected chi connectivity index (χ3v) is 5.47. The molecule has 0 amide bonds. The number of nitrogens with zero attached hydrogens (tertiary/aromatic N) is 2. The number of aromatic nitrogens is 1. The number of fused-ring (bicyclic) bond motifs is 1.